The minimum Gasteiger partial charge on any atom is -0.391 e. The first-order valence-electron chi connectivity index (χ1n) is 6.30. The highest BCUT2D eigenvalue weighted by Crippen LogP contribution is 2.32. The monoisotopic (exact) mass is 279 g/mol. The van der Waals surface area contributed by atoms with Crippen LogP contribution in [0.2, 0.25) is 5.02 Å². The number of rotatable bonds is 3. The van der Waals surface area contributed by atoms with Crippen molar-refractivity contribution in [1.29, 1.82) is 5.26 Å². The predicted molar refractivity (Wildman–Crippen MR) is 76.5 cm³/mol. The molecule has 1 heterocycles. The summed E-state index contributed by atoms with van der Waals surface area (Å²) in [5.74, 6) is 0. The Hall–Kier alpha value is -1.28. The molecule has 0 bridgehead atoms. The zero-order valence-electron chi connectivity index (χ0n) is 11.2. The molecule has 0 radical (unpaired) electrons. The molecular weight excluding hydrogens is 262 g/mol. The van der Waals surface area contributed by atoms with Crippen molar-refractivity contribution in [1.82, 2.24) is 4.90 Å². The third-order valence-electron chi connectivity index (χ3n) is 3.35. The van der Waals surface area contributed by atoms with Gasteiger partial charge in [0.2, 0.25) is 0 Å². The number of aliphatic hydroxyl groups excluding tert-OH is 1. The third-order valence-corrected chi connectivity index (χ3v) is 3.66. The molecule has 0 aliphatic carbocycles. The topological polar surface area (TPSA) is 50.5 Å². The van der Waals surface area contributed by atoms with Crippen molar-refractivity contribution >= 4 is 17.3 Å². The fraction of sp³-hybridized carbons (Fsp3) is 0.500. The van der Waals surface area contributed by atoms with Crippen LogP contribution in [0.1, 0.15) is 12.0 Å². The Morgan fingerprint density at radius 1 is 1.53 bits per heavy atom. The lowest BCUT2D eigenvalue weighted by atomic mass is 10.1. The van der Waals surface area contributed by atoms with Crippen molar-refractivity contribution in [3.8, 4) is 6.07 Å². The van der Waals surface area contributed by atoms with Crippen molar-refractivity contribution in [2.45, 2.75) is 18.6 Å². The van der Waals surface area contributed by atoms with Crippen LogP contribution in [-0.4, -0.2) is 49.3 Å². The highest BCUT2D eigenvalue weighted by Gasteiger charge is 2.32. The van der Waals surface area contributed by atoms with Crippen LogP contribution in [0.3, 0.4) is 0 Å². The van der Waals surface area contributed by atoms with E-state index >= 15 is 0 Å². The van der Waals surface area contributed by atoms with Gasteiger partial charge in [0.25, 0.3) is 0 Å². The molecule has 0 amide bonds. The maximum absolute atomic E-state index is 9.88. The largest absolute Gasteiger partial charge is 0.391 e. The lowest BCUT2D eigenvalue weighted by Crippen LogP contribution is -2.37. The Balaban J connectivity index is 2.26. The number of hydrogen-bond donors (Lipinski definition) is 1. The molecule has 1 aliphatic rings. The lowest BCUT2D eigenvalue weighted by molar-refractivity contribution is 0.191. The summed E-state index contributed by atoms with van der Waals surface area (Å²) in [5.41, 5.74) is 1.45. The van der Waals surface area contributed by atoms with Gasteiger partial charge in [-0.1, -0.05) is 11.6 Å². The van der Waals surface area contributed by atoms with Gasteiger partial charge in [0.1, 0.15) is 0 Å². The molecule has 0 aromatic heterocycles. The second-order valence-electron chi connectivity index (χ2n) is 5.24. The average molecular weight is 280 g/mol. The minimum atomic E-state index is -0.323. The van der Waals surface area contributed by atoms with Crippen LogP contribution in [0.25, 0.3) is 0 Å². The number of β-amino-alcohol motifs (C(OH)–C–C–N with tert-alkyl or cyclic N) is 1. The SMILES string of the molecule is CN(C)CC1CC(O)CN1c1ccc(C#N)cc1Cl. The molecule has 0 spiro atoms. The van der Waals surface area contributed by atoms with Crippen LogP contribution in [0.15, 0.2) is 18.2 Å². The van der Waals surface area contributed by atoms with Gasteiger partial charge in [0.15, 0.2) is 0 Å². The molecule has 1 saturated heterocycles. The van der Waals surface area contributed by atoms with Gasteiger partial charge in [0, 0.05) is 19.1 Å². The molecule has 1 aliphatic heterocycles. The molecular formula is C14H18ClN3O. The van der Waals surface area contributed by atoms with Crippen LogP contribution in [0.4, 0.5) is 5.69 Å². The molecule has 102 valence electrons. The van der Waals surface area contributed by atoms with Crippen LogP contribution in [0.5, 0.6) is 0 Å². The number of halogens is 1. The number of likely N-dealkylation sites (N-methyl/N-ethyl adjacent to an activating group) is 1. The van der Waals surface area contributed by atoms with Crippen molar-refractivity contribution < 1.29 is 5.11 Å². The third kappa shape index (κ3) is 3.19. The molecule has 0 saturated carbocycles. The zero-order valence-corrected chi connectivity index (χ0v) is 11.9. The number of aliphatic hydroxyl groups is 1. The van der Waals surface area contributed by atoms with E-state index in [0.29, 0.717) is 17.1 Å². The van der Waals surface area contributed by atoms with Crippen molar-refractivity contribution in [3.63, 3.8) is 0 Å². The first kappa shape index (κ1) is 14.1. The van der Waals surface area contributed by atoms with E-state index in [4.69, 9.17) is 16.9 Å². The van der Waals surface area contributed by atoms with E-state index in [1.54, 1.807) is 12.1 Å². The van der Waals surface area contributed by atoms with Gasteiger partial charge in [-0.25, -0.2) is 0 Å². The summed E-state index contributed by atoms with van der Waals surface area (Å²) >= 11 is 6.25. The maximum atomic E-state index is 9.88. The fourth-order valence-electron chi connectivity index (χ4n) is 2.59. The average Bonchev–Trinajstić information content (AvgIpc) is 2.69. The van der Waals surface area contributed by atoms with Gasteiger partial charge in [-0.2, -0.15) is 5.26 Å². The van der Waals surface area contributed by atoms with Crippen LogP contribution in [0, 0.1) is 11.3 Å². The summed E-state index contributed by atoms with van der Waals surface area (Å²) in [6.45, 7) is 1.46. The summed E-state index contributed by atoms with van der Waals surface area (Å²) in [6, 6.07) is 7.62. The molecule has 1 N–H and O–H groups in total. The molecule has 4 nitrogen and oxygen atoms in total. The summed E-state index contributed by atoms with van der Waals surface area (Å²) in [4.78, 5) is 4.24. The number of hydrogen-bond acceptors (Lipinski definition) is 4. The maximum Gasteiger partial charge on any atom is 0.0992 e. The summed E-state index contributed by atoms with van der Waals surface area (Å²) in [5, 5.41) is 19.3. The summed E-state index contributed by atoms with van der Waals surface area (Å²) in [7, 11) is 4.03. The van der Waals surface area contributed by atoms with E-state index in [1.807, 2.05) is 20.2 Å². The lowest BCUT2D eigenvalue weighted by Gasteiger charge is -2.29. The van der Waals surface area contributed by atoms with Gasteiger partial charge >= 0.3 is 0 Å². The molecule has 1 fully saturated rings. The Kier molecular flexibility index (Phi) is 4.31. The van der Waals surface area contributed by atoms with E-state index in [2.05, 4.69) is 15.9 Å². The molecule has 19 heavy (non-hydrogen) atoms. The zero-order chi connectivity index (χ0) is 14.0. The van der Waals surface area contributed by atoms with Gasteiger partial charge in [0.05, 0.1) is 28.4 Å². The second kappa shape index (κ2) is 5.79. The molecule has 2 unspecified atom stereocenters. The number of benzene rings is 1. The fourth-order valence-corrected chi connectivity index (χ4v) is 2.88. The van der Waals surface area contributed by atoms with Gasteiger partial charge < -0.3 is 14.9 Å². The van der Waals surface area contributed by atoms with Crippen LogP contribution < -0.4 is 4.90 Å². The number of anilines is 1. The van der Waals surface area contributed by atoms with E-state index in [9.17, 15) is 5.11 Å². The van der Waals surface area contributed by atoms with Crippen LogP contribution in [-0.2, 0) is 0 Å². The van der Waals surface area contributed by atoms with Crippen LogP contribution >= 0.6 is 11.6 Å². The molecule has 2 rings (SSSR count). The normalized spacial score (nSPS) is 22.8. The summed E-state index contributed by atoms with van der Waals surface area (Å²) < 4.78 is 0. The molecule has 5 heteroatoms. The molecule has 1 aromatic carbocycles. The highest BCUT2D eigenvalue weighted by molar-refractivity contribution is 6.33. The Morgan fingerprint density at radius 2 is 2.26 bits per heavy atom. The molecule has 2 atom stereocenters. The van der Waals surface area contributed by atoms with Gasteiger partial charge in [-0.15, -0.1) is 0 Å². The smallest absolute Gasteiger partial charge is 0.0992 e. The Labute approximate surface area is 118 Å². The quantitative estimate of drug-likeness (QED) is 0.915. The van der Waals surface area contributed by atoms with Crippen molar-refractivity contribution in [2.75, 3.05) is 32.1 Å². The van der Waals surface area contributed by atoms with Crippen molar-refractivity contribution in [3.05, 3.63) is 28.8 Å². The van der Waals surface area contributed by atoms with Crippen molar-refractivity contribution in [2.24, 2.45) is 0 Å². The Morgan fingerprint density at radius 3 is 2.84 bits per heavy atom. The predicted octanol–water partition coefficient (Wildman–Crippen LogP) is 1.71. The van der Waals surface area contributed by atoms with E-state index in [0.717, 1.165) is 18.7 Å². The standard InChI is InChI=1S/C14H18ClN3O/c1-17(2)8-11-6-12(19)9-18(11)14-4-3-10(7-16)5-13(14)15/h3-5,11-12,19H,6,8-9H2,1-2H3. The first-order chi connectivity index (χ1) is 9.01. The van der Waals surface area contributed by atoms with Gasteiger partial charge in [-0.3, -0.25) is 0 Å². The number of nitriles is 1. The molecule has 1 aromatic rings. The Bertz CT molecular complexity index is 498. The minimum absolute atomic E-state index is 0.246. The number of nitrogens with zero attached hydrogens (tertiary/aromatic N) is 3. The van der Waals surface area contributed by atoms with E-state index in [-0.39, 0.29) is 12.1 Å². The second-order valence-corrected chi connectivity index (χ2v) is 5.64. The van der Waals surface area contributed by atoms with E-state index < -0.39 is 0 Å². The summed E-state index contributed by atoms with van der Waals surface area (Å²) in [6.07, 6.45) is 0.422. The van der Waals surface area contributed by atoms with E-state index in [1.165, 1.54) is 0 Å². The highest BCUT2D eigenvalue weighted by atomic mass is 35.5. The first-order valence-corrected chi connectivity index (χ1v) is 6.68. The van der Waals surface area contributed by atoms with Gasteiger partial charge in [-0.05, 0) is 38.7 Å².